The van der Waals surface area contributed by atoms with Crippen molar-refractivity contribution in [1.82, 2.24) is 10.6 Å². The first-order valence-corrected chi connectivity index (χ1v) is 8.09. The molecule has 2 N–H and O–H groups in total. The zero-order valence-corrected chi connectivity index (χ0v) is 12.6. The molecule has 3 nitrogen and oxygen atoms in total. The fourth-order valence-electron chi connectivity index (χ4n) is 2.17. The van der Waals surface area contributed by atoms with Gasteiger partial charge in [-0.05, 0) is 42.9 Å². The molecule has 2 rings (SSSR count). The van der Waals surface area contributed by atoms with Crippen LogP contribution >= 0.6 is 23.4 Å². The molecule has 0 aliphatic carbocycles. The van der Waals surface area contributed by atoms with Crippen molar-refractivity contribution in [1.29, 1.82) is 0 Å². The Morgan fingerprint density at radius 2 is 2.05 bits per heavy atom. The average molecular weight is 299 g/mol. The second kappa shape index (κ2) is 7.06. The molecule has 0 spiro atoms. The standard InChI is InChI=1S/C14H19ClN2OS/c1-10(12-4-2-3-5-13(12)15)16-14(18)17-11-6-8-19-9-7-11/h2-5,10-11H,6-9H2,1H3,(H2,16,17,18)/t10-/m1/s1. The van der Waals surface area contributed by atoms with E-state index >= 15 is 0 Å². The van der Waals surface area contributed by atoms with Crippen LogP contribution in [0.4, 0.5) is 4.79 Å². The van der Waals surface area contributed by atoms with E-state index in [2.05, 4.69) is 10.6 Å². The predicted octanol–water partition coefficient (Wildman–Crippen LogP) is 3.60. The fourth-order valence-corrected chi connectivity index (χ4v) is 3.58. The minimum atomic E-state index is -0.107. The summed E-state index contributed by atoms with van der Waals surface area (Å²) < 4.78 is 0. The quantitative estimate of drug-likeness (QED) is 0.895. The number of thioether (sulfide) groups is 1. The first-order valence-electron chi connectivity index (χ1n) is 6.56. The fraction of sp³-hybridized carbons (Fsp3) is 0.500. The molecule has 0 saturated carbocycles. The van der Waals surface area contributed by atoms with Crippen molar-refractivity contribution in [2.45, 2.75) is 31.8 Å². The number of hydrogen-bond acceptors (Lipinski definition) is 2. The zero-order valence-electron chi connectivity index (χ0n) is 11.0. The van der Waals surface area contributed by atoms with Gasteiger partial charge in [0.2, 0.25) is 0 Å². The maximum absolute atomic E-state index is 11.9. The van der Waals surface area contributed by atoms with Crippen LogP contribution in [0.25, 0.3) is 0 Å². The maximum atomic E-state index is 11.9. The van der Waals surface area contributed by atoms with E-state index in [4.69, 9.17) is 11.6 Å². The van der Waals surface area contributed by atoms with Gasteiger partial charge < -0.3 is 10.6 Å². The van der Waals surface area contributed by atoms with Gasteiger partial charge in [0.15, 0.2) is 0 Å². The number of hydrogen-bond donors (Lipinski definition) is 2. The third-order valence-corrected chi connectivity index (χ3v) is 4.67. The van der Waals surface area contributed by atoms with Gasteiger partial charge in [0, 0.05) is 11.1 Å². The Labute approximate surface area is 123 Å². The predicted molar refractivity (Wildman–Crippen MR) is 81.9 cm³/mol. The molecule has 1 heterocycles. The van der Waals surface area contributed by atoms with Crippen LogP contribution in [0.2, 0.25) is 5.02 Å². The molecule has 104 valence electrons. The minimum Gasteiger partial charge on any atom is -0.335 e. The van der Waals surface area contributed by atoms with E-state index in [9.17, 15) is 4.79 Å². The minimum absolute atomic E-state index is 0.0911. The van der Waals surface area contributed by atoms with Crippen molar-refractivity contribution in [3.05, 3.63) is 34.9 Å². The van der Waals surface area contributed by atoms with E-state index in [0.29, 0.717) is 11.1 Å². The Bertz CT molecular complexity index is 435. The molecule has 1 atom stereocenters. The van der Waals surface area contributed by atoms with Crippen LogP contribution in [0.1, 0.15) is 31.4 Å². The summed E-state index contributed by atoms with van der Waals surface area (Å²) in [5.74, 6) is 2.26. The van der Waals surface area contributed by atoms with Gasteiger partial charge in [0.1, 0.15) is 0 Å². The number of amides is 2. The molecular formula is C14H19ClN2OS. The van der Waals surface area contributed by atoms with Gasteiger partial charge in [-0.1, -0.05) is 29.8 Å². The Balaban J connectivity index is 1.86. The summed E-state index contributed by atoms with van der Waals surface area (Å²) in [6.45, 7) is 1.94. The number of nitrogens with one attached hydrogen (secondary N) is 2. The van der Waals surface area contributed by atoms with Crippen LogP contribution in [-0.2, 0) is 0 Å². The largest absolute Gasteiger partial charge is 0.335 e. The van der Waals surface area contributed by atoms with Gasteiger partial charge in [-0.3, -0.25) is 0 Å². The SMILES string of the molecule is C[C@@H](NC(=O)NC1CCSCC1)c1ccccc1Cl. The second-order valence-electron chi connectivity index (χ2n) is 4.75. The highest BCUT2D eigenvalue weighted by Crippen LogP contribution is 2.22. The highest BCUT2D eigenvalue weighted by atomic mass is 35.5. The summed E-state index contributed by atoms with van der Waals surface area (Å²) >= 11 is 8.07. The van der Waals surface area contributed by atoms with Gasteiger partial charge in [0.25, 0.3) is 0 Å². The van der Waals surface area contributed by atoms with E-state index < -0.39 is 0 Å². The highest BCUT2D eigenvalue weighted by molar-refractivity contribution is 7.99. The van der Waals surface area contributed by atoms with Crippen molar-refractivity contribution < 1.29 is 4.79 Å². The van der Waals surface area contributed by atoms with Crippen LogP contribution in [0.15, 0.2) is 24.3 Å². The van der Waals surface area contributed by atoms with Crippen LogP contribution < -0.4 is 10.6 Å². The lowest BCUT2D eigenvalue weighted by Gasteiger charge is -2.24. The Morgan fingerprint density at radius 1 is 1.37 bits per heavy atom. The summed E-state index contributed by atoms with van der Waals surface area (Å²) in [5.41, 5.74) is 0.943. The first-order chi connectivity index (χ1) is 9.16. The number of benzene rings is 1. The van der Waals surface area contributed by atoms with Gasteiger partial charge in [-0.15, -0.1) is 0 Å². The molecule has 1 saturated heterocycles. The van der Waals surface area contributed by atoms with Crippen LogP contribution in [0.5, 0.6) is 0 Å². The van der Waals surface area contributed by atoms with E-state index in [0.717, 1.165) is 29.9 Å². The number of carbonyl (C=O) groups excluding carboxylic acids is 1. The smallest absolute Gasteiger partial charge is 0.315 e. The molecule has 19 heavy (non-hydrogen) atoms. The zero-order chi connectivity index (χ0) is 13.7. The Kier molecular flexibility index (Phi) is 5.40. The van der Waals surface area contributed by atoms with E-state index in [1.165, 1.54) is 0 Å². The maximum Gasteiger partial charge on any atom is 0.315 e. The van der Waals surface area contributed by atoms with Crippen LogP contribution in [0, 0.1) is 0 Å². The van der Waals surface area contributed by atoms with Crippen molar-refractivity contribution in [2.75, 3.05) is 11.5 Å². The van der Waals surface area contributed by atoms with Crippen molar-refractivity contribution in [2.24, 2.45) is 0 Å². The summed E-state index contributed by atoms with van der Waals surface area (Å²) in [6.07, 6.45) is 2.11. The lowest BCUT2D eigenvalue weighted by molar-refractivity contribution is 0.233. The van der Waals surface area contributed by atoms with Gasteiger partial charge in [-0.25, -0.2) is 4.79 Å². The molecule has 0 bridgehead atoms. The van der Waals surface area contributed by atoms with Crippen molar-refractivity contribution in [3.63, 3.8) is 0 Å². The number of urea groups is 1. The molecule has 5 heteroatoms. The number of halogens is 1. The topological polar surface area (TPSA) is 41.1 Å². The molecule has 1 aliphatic heterocycles. The molecular weight excluding hydrogens is 280 g/mol. The molecule has 0 unspecified atom stereocenters. The summed E-state index contributed by atoms with van der Waals surface area (Å²) in [7, 11) is 0. The molecule has 1 aromatic rings. The molecule has 1 aromatic carbocycles. The second-order valence-corrected chi connectivity index (χ2v) is 6.38. The number of rotatable bonds is 3. The monoisotopic (exact) mass is 298 g/mol. The number of carbonyl (C=O) groups is 1. The van der Waals surface area contributed by atoms with Crippen LogP contribution in [-0.4, -0.2) is 23.6 Å². The van der Waals surface area contributed by atoms with Crippen molar-refractivity contribution in [3.8, 4) is 0 Å². The molecule has 1 aliphatic rings. The van der Waals surface area contributed by atoms with Gasteiger partial charge in [0.05, 0.1) is 6.04 Å². The summed E-state index contributed by atoms with van der Waals surface area (Å²) in [6, 6.07) is 7.69. The lowest BCUT2D eigenvalue weighted by atomic mass is 10.1. The van der Waals surface area contributed by atoms with Gasteiger partial charge in [-0.2, -0.15) is 11.8 Å². The molecule has 2 amide bonds. The first kappa shape index (κ1) is 14.5. The van der Waals surface area contributed by atoms with Crippen molar-refractivity contribution >= 4 is 29.4 Å². The van der Waals surface area contributed by atoms with E-state index in [1.54, 1.807) is 0 Å². The highest BCUT2D eigenvalue weighted by Gasteiger charge is 2.17. The third kappa shape index (κ3) is 4.32. The Hall–Kier alpha value is -0.870. The normalized spacial score (nSPS) is 17.8. The molecule has 1 fully saturated rings. The van der Waals surface area contributed by atoms with Gasteiger partial charge >= 0.3 is 6.03 Å². The lowest BCUT2D eigenvalue weighted by Crippen LogP contribution is -2.44. The summed E-state index contributed by atoms with van der Waals surface area (Å²) in [4.78, 5) is 11.9. The third-order valence-electron chi connectivity index (χ3n) is 3.28. The van der Waals surface area contributed by atoms with E-state index in [-0.39, 0.29) is 12.1 Å². The summed E-state index contributed by atoms with van der Waals surface area (Å²) in [5, 5.41) is 6.66. The van der Waals surface area contributed by atoms with E-state index in [1.807, 2.05) is 43.0 Å². The average Bonchev–Trinajstić information content (AvgIpc) is 2.40. The van der Waals surface area contributed by atoms with Crippen LogP contribution in [0.3, 0.4) is 0 Å². The Morgan fingerprint density at radius 3 is 2.74 bits per heavy atom. The molecule has 0 aromatic heterocycles. The molecule has 0 radical (unpaired) electrons.